The van der Waals surface area contributed by atoms with Gasteiger partial charge in [0.25, 0.3) is 0 Å². The van der Waals surface area contributed by atoms with E-state index in [1.165, 1.54) is 0 Å². The summed E-state index contributed by atoms with van der Waals surface area (Å²) in [6, 6.07) is 2.41. The number of nitrogens with one attached hydrogen (secondary N) is 1. The van der Waals surface area contributed by atoms with E-state index in [9.17, 15) is 0 Å². The molecular weight excluding hydrogens is 190 g/mol. The molecule has 0 amide bonds. The van der Waals surface area contributed by atoms with Gasteiger partial charge in [0.2, 0.25) is 5.88 Å². The first kappa shape index (κ1) is 10.5. The minimum Gasteiger partial charge on any atom is -0.476 e. The standard InChI is InChI=1S/C11H19N3O/c1-11(2,3)9-5-10-14(13-9)6-8(12-4)7-15-10/h5,8,12H,6-7H2,1-4H3/t8-/m1/s1. The van der Waals surface area contributed by atoms with Crippen LogP contribution in [-0.4, -0.2) is 29.5 Å². The Hall–Kier alpha value is -1.03. The van der Waals surface area contributed by atoms with Gasteiger partial charge in [-0.05, 0) is 7.05 Å². The van der Waals surface area contributed by atoms with Crippen LogP contribution in [0.4, 0.5) is 0 Å². The van der Waals surface area contributed by atoms with Gasteiger partial charge in [0, 0.05) is 11.5 Å². The summed E-state index contributed by atoms with van der Waals surface area (Å²) < 4.78 is 7.59. The van der Waals surface area contributed by atoms with Crippen molar-refractivity contribution in [3.63, 3.8) is 0 Å². The van der Waals surface area contributed by atoms with Crippen molar-refractivity contribution in [2.45, 2.75) is 38.8 Å². The number of rotatable bonds is 1. The maximum absolute atomic E-state index is 5.64. The molecule has 1 atom stereocenters. The molecule has 15 heavy (non-hydrogen) atoms. The zero-order valence-corrected chi connectivity index (χ0v) is 9.87. The van der Waals surface area contributed by atoms with Crippen LogP contribution < -0.4 is 10.1 Å². The Morgan fingerprint density at radius 2 is 2.27 bits per heavy atom. The molecule has 0 unspecified atom stereocenters. The molecule has 0 bridgehead atoms. The number of likely N-dealkylation sites (N-methyl/N-ethyl adjacent to an activating group) is 1. The first-order valence-corrected chi connectivity index (χ1v) is 5.39. The van der Waals surface area contributed by atoms with Crippen LogP contribution in [0.1, 0.15) is 26.5 Å². The number of ether oxygens (including phenoxy) is 1. The fraction of sp³-hybridized carbons (Fsp3) is 0.727. The largest absolute Gasteiger partial charge is 0.476 e. The van der Waals surface area contributed by atoms with E-state index in [1.807, 2.05) is 17.8 Å². The average molecular weight is 209 g/mol. The van der Waals surface area contributed by atoms with Gasteiger partial charge < -0.3 is 10.1 Å². The van der Waals surface area contributed by atoms with E-state index in [0.717, 1.165) is 24.7 Å². The molecule has 0 aliphatic carbocycles. The van der Waals surface area contributed by atoms with Crippen LogP contribution in [0.3, 0.4) is 0 Å². The minimum atomic E-state index is 0.0862. The highest BCUT2D eigenvalue weighted by Crippen LogP contribution is 2.26. The first-order chi connectivity index (χ1) is 7.00. The Balaban J connectivity index is 2.26. The predicted octanol–water partition coefficient (Wildman–Crippen LogP) is 1.16. The Kier molecular flexibility index (Phi) is 2.46. The van der Waals surface area contributed by atoms with Crippen LogP contribution in [0.5, 0.6) is 5.88 Å². The number of hydrogen-bond acceptors (Lipinski definition) is 3. The summed E-state index contributed by atoms with van der Waals surface area (Å²) in [7, 11) is 1.95. The summed E-state index contributed by atoms with van der Waals surface area (Å²) in [6.07, 6.45) is 0. The summed E-state index contributed by atoms with van der Waals surface area (Å²) in [5, 5.41) is 7.78. The lowest BCUT2D eigenvalue weighted by atomic mass is 9.93. The van der Waals surface area contributed by atoms with E-state index in [0.29, 0.717) is 6.04 Å². The van der Waals surface area contributed by atoms with Gasteiger partial charge in [0.1, 0.15) is 6.61 Å². The Morgan fingerprint density at radius 1 is 1.53 bits per heavy atom. The molecule has 0 saturated carbocycles. The van der Waals surface area contributed by atoms with Crippen molar-refractivity contribution in [2.24, 2.45) is 0 Å². The second-order valence-corrected chi connectivity index (χ2v) is 5.10. The molecular formula is C11H19N3O. The molecule has 4 heteroatoms. The molecule has 0 fully saturated rings. The van der Waals surface area contributed by atoms with Crippen molar-refractivity contribution in [1.29, 1.82) is 0 Å². The number of fused-ring (bicyclic) bond motifs is 1. The van der Waals surface area contributed by atoms with E-state index in [-0.39, 0.29) is 5.41 Å². The van der Waals surface area contributed by atoms with Crippen LogP contribution in [-0.2, 0) is 12.0 Å². The fourth-order valence-electron chi connectivity index (χ4n) is 1.64. The second kappa shape index (κ2) is 3.52. The van der Waals surface area contributed by atoms with Crippen molar-refractivity contribution < 1.29 is 4.74 Å². The van der Waals surface area contributed by atoms with Crippen LogP contribution in [0.25, 0.3) is 0 Å². The smallest absolute Gasteiger partial charge is 0.212 e. The third-order valence-corrected chi connectivity index (χ3v) is 2.75. The molecule has 0 radical (unpaired) electrons. The van der Waals surface area contributed by atoms with Crippen molar-refractivity contribution in [3.05, 3.63) is 11.8 Å². The molecule has 0 saturated heterocycles. The maximum Gasteiger partial charge on any atom is 0.212 e. The average Bonchev–Trinajstić information content (AvgIpc) is 2.59. The molecule has 2 heterocycles. The molecule has 1 aliphatic rings. The van der Waals surface area contributed by atoms with E-state index >= 15 is 0 Å². The molecule has 84 valence electrons. The van der Waals surface area contributed by atoms with Gasteiger partial charge in [-0.3, -0.25) is 0 Å². The van der Waals surface area contributed by atoms with Crippen molar-refractivity contribution >= 4 is 0 Å². The van der Waals surface area contributed by atoms with Crippen molar-refractivity contribution in [1.82, 2.24) is 15.1 Å². The number of nitrogens with zero attached hydrogens (tertiary/aromatic N) is 2. The zero-order chi connectivity index (χ0) is 11.1. The molecule has 1 aromatic heterocycles. The van der Waals surface area contributed by atoms with Crippen LogP contribution in [0.2, 0.25) is 0 Å². The summed E-state index contributed by atoms with van der Waals surface area (Å²) in [6.45, 7) is 8.11. The first-order valence-electron chi connectivity index (χ1n) is 5.39. The summed E-state index contributed by atoms with van der Waals surface area (Å²) in [4.78, 5) is 0. The predicted molar refractivity (Wildman–Crippen MR) is 59.3 cm³/mol. The van der Waals surface area contributed by atoms with Crippen molar-refractivity contribution in [2.75, 3.05) is 13.7 Å². The summed E-state index contributed by atoms with van der Waals surface area (Å²) in [5.74, 6) is 0.895. The second-order valence-electron chi connectivity index (χ2n) is 5.10. The van der Waals surface area contributed by atoms with Gasteiger partial charge in [-0.25, -0.2) is 4.68 Å². The summed E-state index contributed by atoms with van der Waals surface area (Å²) >= 11 is 0. The molecule has 1 aromatic rings. The highest BCUT2D eigenvalue weighted by atomic mass is 16.5. The van der Waals surface area contributed by atoms with Gasteiger partial charge >= 0.3 is 0 Å². The van der Waals surface area contributed by atoms with Gasteiger partial charge in [-0.1, -0.05) is 20.8 Å². The Bertz CT molecular complexity index is 351. The lowest BCUT2D eigenvalue weighted by Crippen LogP contribution is -2.39. The molecule has 4 nitrogen and oxygen atoms in total. The van der Waals surface area contributed by atoms with E-state index < -0.39 is 0 Å². The SMILES string of the molecule is CN[C@H]1COc2cc(C(C)(C)C)nn2C1. The quantitative estimate of drug-likeness (QED) is 0.754. The topological polar surface area (TPSA) is 39.1 Å². The van der Waals surface area contributed by atoms with E-state index in [1.54, 1.807) is 0 Å². The van der Waals surface area contributed by atoms with Crippen LogP contribution >= 0.6 is 0 Å². The van der Waals surface area contributed by atoms with Gasteiger partial charge in [-0.2, -0.15) is 5.10 Å². The Labute approximate surface area is 90.6 Å². The molecule has 1 N–H and O–H groups in total. The number of hydrogen-bond donors (Lipinski definition) is 1. The Morgan fingerprint density at radius 3 is 2.87 bits per heavy atom. The van der Waals surface area contributed by atoms with E-state index in [2.05, 4.69) is 31.2 Å². The minimum absolute atomic E-state index is 0.0862. The van der Waals surface area contributed by atoms with Crippen molar-refractivity contribution in [3.8, 4) is 5.88 Å². The lowest BCUT2D eigenvalue weighted by molar-refractivity contribution is 0.189. The third kappa shape index (κ3) is 2.00. The third-order valence-electron chi connectivity index (χ3n) is 2.75. The molecule has 1 aliphatic heterocycles. The summed E-state index contributed by atoms with van der Waals surface area (Å²) in [5.41, 5.74) is 1.18. The zero-order valence-electron chi connectivity index (χ0n) is 9.87. The van der Waals surface area contributed by atoms with Gasteiger partial charge in [-0.15, -0.1) is 0 Å². The molecule has 0 aromatic carbocycles. The number of aromatic nitrogens is 2. The highest BCUT2D eigenvalue weighted by Gasteiger charge is 2.24. The van der Waals surface area contributed by atoms with E-state index in [4.69, 9.17) is 4.74 Å². The monoisotopic (exact) mass is 209 g/mol. The molecule has 2 rings (SSSR count). The maximum atomic E-state index is 5.64. The molecule has 0 spiro atoms. The van der Waals surface area contributed by atoms with Gasteiger partial charge in [0.05, 0.1) is 18.3 Å². The van der Waals surface area contributed by atoms with Gasteiger partial charge in [0.15, 0.2) is 0 Å². The normalized spacial score (nSPS) is 20.9. The van der Waals surface area contributed by atoms with Crippen LogP contribution in [0.15, 0.2) is 6.07 Å². The lowest BCUT2D eigenvalue weighted by Gasteiger charge is -2.23. The van der Waals surface area contributed by atoms with Crippen LogP contribution in [0, 0.1) is 0 Å². The highest BCUT2D eigenvalue weighted by molar-refractivity contribution is 5.23. The fourth-order valence-corrected chi connectivity index (χ4v) is 1.64.